The van der Waals surface area contributed by atoms with Crippen molar-refractivity contribution in [2.24, 2.45) is 0 Å². The highest BCUT2D eigenvalue weighted by Gasteiger charge is 2.28. The number of nitrogens with zero attached hydrogens (tertiary/aromatic N) is 1. The molecule has 1 N–H and O–H groups in total. The van der Waals surface area contributed by atoms with Gasteiger partial charge in [-0.3, -0.25) is 9.59 Å². The molecule has 1 fully saturated rings. The standard InChI is InChI=1S/C14H18N2O2/c1-10(2)11-5-3-4-6-12(11)13-7-15-14(18)8-16(13)9-17/h3-6,9-10,13H,7-8H2,1-2H3,(H,15,18). The average molecular weight is 246 g/mol. The molecule has 0 aliphatic carbocycles. The van der Waals surface area contributed by atoms with Gasteiger partial charge in [-0.05, 0) is 17.0 Å². The lowest BCUT2D eigenvalue weighted by Crippen LogP contribution is -2.49. The lowest BCUT2D eigenvalue weighted by molar-refractivity contribution is -0.133. The lowest BCUT2D eigenvalue weighted by atomic mass is 9.91. The molecule has 0 spiro atoms. The summed E-state index contributed by atoms with van der Waals surface area (Å²) < 4.78 is 0. The van der Waals surface area contributed by atoms with E-state index in [1.807, 2.05) is 18.2 Å². The maximum atomic E-state index is 11.3. The zero-order valence-corrected chi connectivity index (χ0v) is 10.7. The van der Waals surface area contributed by atoms with E-state index >= 15 is 0 Å². The molecule has 0 bridgehead atoms. The Hall–Kier alpha value is -1.84. The molecule has 1 atom stereocenters. The molecule has 2 rings (SSSR count). The maximum absolute atomic E-state index is 11.3. The first-order chi connectivity index (χ1) is 8.63. The predicted octanol–water partition coefficient (Wildman–Crippen LogP) is 1.44. The van der Waals surface area contributed by atoms with Gasteiger partial charge in [-0.2, -0.15) is 0 Å². The van der Waals surface area contributed by atoms with Crippen molar-refractivity contribution >= 4 is 12.3 Å². The van der Waals surface area contributed by atoms with Gasteiger partial charge >= 0.3 is 0 Å². The third-order valence-corrected chi connectivity index (χ3v) is 3.33. The summed E-state index contributed by atoms with van der Waals surface area (Å²) in [4.78, 5) is 24.0. The van der Waals surface area contributed by atoms with E-state index in [9.17, 15) is 9.59 Å². The molecule has 1 unspecified atom stereocenters. The number of amides is 2. The molecule has 0 radical (unpaired) electrons. The van der Waals surface area contributed by atoms with E-state index in [1.165, 1.54) is 5.56 Å². The molecule has 96 valence electrons. The van der Waals surface area contributed by atoms with Crippen LogP contribution in [-0.4, -0.2) is 30.3 Å². The van der Waals surface area contributed by atoms with Gasteiger partial charge in [0.25, 0.3) is 0 Å². The van der Waals surface area contributed by atoms with Gasteiger partial charge in [0.15, 0.2) is 0 Å². The van der Waals surface area contributed by atoms with Crippen molar-refractivity contribution in [2.75, 3.05) is 13.1 Å². The predicted molar refractivity (Wildman–Crippen MR) is 69.1 cm³/mol. The summed E-state index contributed by atoms with van der Waals surface area (Å²) >= 11 is 0. The van der Waals surface area contributed by atoms with Crippen LogP contribution in [0.5, 0.6) is 0 Å². The van der Waals surface area contributed by atoms with Crippen LogP contribution in [0.1, 0.15) is 36.9 Å². The van der Waals surface area contributed by atoms with Crippen molar-refractivity contribution in [1.82, 2.24) is 10.2 Å². The van der Waals surface area contributed by atoms with Gasteiger partial charge in [0.05, 0.1) is 12.6 Å². The molecule has 0 saturated carbocycles. The Labute approximate surface area is 107 Å². The smallest absolute Gasteiger partial charge is 0.239 e. The Morgan fingerprint density at radius 3 is 2.78 bits per heavy atom. The zero-order chi connectivity index (χ0) is 13.1. The van der Waals surface area contributed by atoms with E-state index in [0.717, 1.165) is 12.0 Å². The Bertz CT molecular complexity index is 457. The third-order valence-electron chi connectivity index (χ3n) is 3.33. The normalized spacial score (nSPS) is 19.8. The van der Waals surface area contributed by atoms with E-state index in [4.69, 9.17) is 0 Å². The van der Waals surface area contributed by atoms with E-state index in [0.29, 0.717) is 12.5 Å². The first kappa shape index (κ1) is 12.6. The largest absolute Gasteiger partial charge is 0.352 e. The first-order valence-electron chi connectivity index (χ1n) is 6.20. The molecule has 1 aliphatic rings. The fraction of sp³-hybridized carbons (Fsp3) is 0.429. The van der Waals surface area contributed by atoms with Crippen LogP contribution in [0.4, 0.5) is 0 Å². The van der Waals surface area contributed by atoms with Crippen LogP contribution in [0, 0.1) is 0 Å². The van der Waals surface area contributed by atoms with E-state index in [-0.39, 0.29) is 18.5 Å². The fourth-order valence-electron chi connectivity index (χ4n) is 2.40. The molecule has 1 heterocycles. The second-order valence-electron chi connectivity index (χ2n) is 4.88. The number of piperazine rings is 1. The molecule has 1 aromatic rings. The number of benzene rings is 1. The third kappa shape index (κ3) is 2.37. The van der Waals surface area contributed by atoms with Gasteiger partial charge in [0.1, 0.15) is 0 Å². The molecule has 1 aromatic carbocycles. The van der Waals surface area contributed by atoms with Crippen molar-refractivity contribution in [3.05, 3.63) is 35.4 Å². The highest BCUT2D eigenvalue weighted by atomic mass is 16.2. The second kappa shape index (κ2) is 5.21. The maximum Gasteiger partial charge on any atom is 0.239 e. The summed E-state index contributed by atoms with van der Waals surface area (Å²) in [5.74, 6) is 0.299. The Morgan fingerprint density at radius 1 is 1.39 bits per heavy atom. The molecule has 4 heteroatoms. The first-order valence-corrected chi connectivity index (χ1v) is 6.20. The van der Waals surface area contributed by atoms with Gasteiger partial charge in [-0.15, -0.1) is 0 Å². The monoisotopic (exact) mass is 246 g/mol. The molecule has 1 saturated heterocycles. The van der Waals surface area contributed by atoms with Crippen LogP contribution in [0.2, 0.25) is 0 Å². The average Bonchev–Trinajstić information content (AvgIpc) is 2.38. The Balaban J connectivity index is 2.35. The molecule has 2 amide bonds. The van der Waals surface area contributed by atoms with Gasteiger partial charge in [0, 0.05) is 6.54 Å². The number of hydrogen-bond acceptors (Lipinski definition) is 2. The molecule has 4 nitrogen and oxygen atoms in total. The van der Waals surface area contributed by atoms with Gasteiger partial charge in [-0.25, -0.2) is 0 Å². The van der Waals surface area contributed by atoms with Crippen molar-refractivity contribution in [2.45, 2.75) is 25.8 Å². The SMILES string of the molecule is CC(C)c1ccccc1C1CNC(=O)CN1C=O. The fourth-order valence-corrected chi connectivity index (χ4v) is 2.40. The summed E-state index contributed by atoms with van der Waals surface area (Å²) in [6.45, 7) is 4.89. The van der Waals surface area contributed by atoms with Crippen LogP contribution in [-0.2, 0) is 9.59 Å². The van der Waals surface area contributed by atoms with Crippen LogP contribution in [0.25, 0.3) is 0 Å². The minimum Gasteiger partial charge on any atom is -0.352 e. The Morgan fingerprint density at radius 2 is 2.11 bits per heavy atom. The van der Waals surface area contributed by atoms with Crippen molar-refractivity contribution in [3.8, 4) is 0 Å². The minimum absolute atomic E-state index is 0.0567. The quantitative estimate of drug-likeness (QED) is 0.820. The van der Waals surface area contributed by atoms with Crippen molar-refractivity contribution in [3.63, 3.8) is 0 Å². The number of carbonyl (C=O) groups is 2. The second-order valence-corrected chi connectivity index (χ2v) is 4.88. The summed E-state index contributed by atoms with van der Waals surface area (Å²) in [6.07, 6.45) is 0.764. The van der Waals surface area contributed by atoms with E-state index in [1.54, 1.807) is 4.90 Å². The van der Waals surface area contributed by atoms with Crippen molar-refractivity contribution < 1.29 is 9.59 Å². The van der Waals surface area contributed by atoms with Gasteiger partial charge in [-0.1, -0.05) is 38.1 Å². The topological polar surface area (TPSA) is 49.4 Å². The Kier molecular flexibility index (Phi) is 3.65. The van der Waals surface area contributed by atoms with Crippen LogP contribution >= 0.6 is 0 Å². The number of carbonyl (C=O) groups excluding carboxylic acids is 2. The van der Waals surface area contributed by atoms with E-state index in [2.05, 4.69) is 25.2 Å². The number of nitrogens with one attached hydrogen (secondary N) is 1. The highest BCUT2D eigenvalue weighted by molar-refractivity contribution is 5.81. The molecule has 18 heavy (non-hydrogen) atoms. The highest BCUT2D eigenvalue weighted by Crippen LogP contribution is 2.28. The summed E-state index contributed by atoms with van der Waals surface area (Å²) in [7, 11) is 0. The molecular formula is C14H18N2O2. The van der Waals surface area contributed by atoms with Crippen LogP contribution in [0.3, 0.4) is 0 Å². The number of rotatable bonds is 3. The molecular weight excluding hydrogens is 228 g/mol. The summed E-state index contributed by atoms with van der Waals surface area (Å²) in [6, 6.07) is 8.04. The number of hydrogen-bond donors (Lipinski definition) is 1. The van der Waals surface area contributed by atoms with E-state index < -0.39 is 0 Å². The molecule has 0 aromatic heterocycles. The van der Waals surface area contributed by atoms with Gasteiger partial charge < -0.3 is 10.2 Å². The van der Waals surface area contributed by atoms with Crippen LogP contribution < -0.4 is 5.32 Å². The van der Waals surface area contributed by atoms with Crippen molar-refractivity contribution in [1.29, 1.82) is 0 Å². The van der Waals surface area contributed by atoms with Crippen LogP contribution in [0.15, 0.2) is 24.3 Å². The molecule has 1 aliphatic heterocycles. The lowest BCUT2D eigenvalue weighted by Gasteiger charge is -2.34. The van der Waals surface area contributed by atoms with Gasteiger partial charge in [0.2, 0.25) is 12.3 Å². The minimum atomic E-state index is -0.0969. The summed E-state index contributed by atoms with van der Waals surface area (Å²) in [5, 5.41) is 2.82. The summed E-state index contributed by atoms with van der Waals surface area (Å²) in [5.41, 5.74) is 2.35. The zero-order valence-electron chi connectivity index (χ0n) is 10.7.